The van der Waals surface area contributed by atoms with Crippen molar-refractivity contribution in [1.82, 2.24) is 0 Å². The highest BCUT2D eigenvalue weighted by molar-refractivity contribution is 9.11. The zero-order valence-corrected chi connectivity index (χ0v) is 15.4. The van der Waals surface area contributed by atoms with E-state index in [1.807, 2.05) is 0 Å². The second-order valence-corrected chi connectivity index (χ2v) is 7.86. The Labute approximate surface area is 142 Å². The van der Waals surface area contributed by atoms with Crippen LogP contribution in [0, 0.1) is 0 Å². The fourth-order valence-electron chi connectivity index (χ4n) is 2.58. The summed E-state index contributed by atoms with van der Waals surface area (Å²) in [6, 6.07) is 4.35. The van der Waals surface area contributed by atoms with E-state index in [0.29, 0.717) is 0 Å². The van der Waals surface area contributed by atoms with Crippen LogP contribution >= 0.6 is 38.6 Å². The number of rotatable bonds is 7. The van der Waals surface area contributed by atoms with Gasteiger partial charge >= 0.3 is 0 Å². The molecule has 4 heteroatoms. The summed E-state index contributed by atoms with van der Waals surface area (Å²) in [7, 11) is 0. The highest BCUT2D eigenvalue weighted by atomic mass is 79.9. The first-order chi connectivity index (χ1) is 10.3. The highest BCUT2D eigenvalue weighted by Crippen LogP contribution is 2.45. The maximum Gasteiger partial charge on any atom is 0.145 e. The number of hydrogen-bond donors (Lipinski definition) is 0. The minimum Gasteiger partial charge on any atom is -0.491 e. The second kappa shape index (κ2) is 7.12. The average Bonchev–Trinajstić information content (AvgIpc) is 3.15. The van der Waals surface area contributed by atoms with Gasteiger partial charge in [0.15, 0.2) is 0 Å². The fraction of sp³-hybridized carbons (Fsp3) is 0.412. The van der Waals surface area contributed by atoms with Crippen molar-refractivity contribution in [1.29, 1.82) is 0 Å². The van der Waals surface area contributed by atoms with Crippen LogP contribution < -0.4 is 4.74 Å². The lowest BCUT2D eigenvalue weighted by Crippen LogP contribution is -1.98. The maximum absolute atomic E-state index is 6.18. The van der Waals surface area contributed by atoms with Crippen LogP contribution in [-0.2, 0) is 0 Å². The number of unbranched alkanes of at least 4 members (excludes halogenated alkanes) is 4. The van der Waals surface area contributed by atoms with Gasteiger partial charge in [-0.3, -0.25) is 0 Å². The number of ether oxygens (including phenoxy) is 1. The van der Waals surface area contributed by atoms with Gasteiger partial charge in [-0.2, -0.15) is 0 Å². The van der Waals surface area contributed by atoms with Crippen LogP contribution in [-0.4, -0.2) is 6.61 Å². The van der Waals surface area contributed by atoms with Crippen molar-refractivity contribution >= 4 is 58.8 Å². The molecular formula is C17H19BrOS2. The molecule has 1 aromatic carbocycles. The van der Waals surface area contributed by atoms with Crippen LogP contribution in [0.4, 0.5) is 0 Å². The van der Waals surface area contributed by atoms with Crippen molar-refractivity contribution in [2.45, 2.75) is 39.0 Å². The lowest BCUT2D eigenvalue weighted by molar-refractivity contribution is 0.312. The van der Waals surface area contributed by atoms with Crippen LogP contribution in [0.2, 0.25) is 0 Å². The third-order valence-electron chi connectivity index (χ3n) is 3.71. The quantitative estimate of drug-likeness (QED) is 0.391. The number of halogens is 1. The van der Waals surface area contributed by atoms with Gasteiger partial charge in [-0.1, -0.05) is 32.6 Å². The highest BCUT2D eigenvalue weighted by Gasteiger charge is 2.15. The molecule has 0 saturated carbocycles. The molecular weight excluding hydrogens is 364 g/mol. The second-order valence-electron chi connectivity index (χ2n) is 5.23. The van der Waals surface area contributed by atoms with Gasteiger partial charge in [-0.15, -0.1) is 22.7 Å². The van der Waals surface area contributed by atoms with Gasteiger partial charge < -0.3 is 4.74 Å². The Hall–Kier alpha value is -0.580. The summed E-state index contributed by atoms with van der Waals surface area (Å²) >= 11 is 7.29. The first-order valence-corrected chi connectivity index (χ1v) is 10.1. The van der Waals surface area contributed by atoms with E-state index in [9.17, 15) is 0 Å². The molecule has 0 aliphatic rings. The van der Waals surface area contributed by atoms with Crippen molar-refractivity contribution in [3.8, 4) is 5.75 Å². The molecule has 0 radical (unpaired) electrons. The number of fused-ring (bicyclic) bond motifs is 2. The molecule has 0 unspecified atom stereocenters. The van der Waals surface area contributed by atoms with Gasteiger partial charge in [0.05, 0.1) is 16.0 Å². The molecule has 21 heavy (non-hydrogen) atoms. The Morgan fingerprint density at radius 3 is 2.48 bits per heavy atom. The van der Waals surface area contributed by atoms with E-state index in [0.717, 1.165) is 18.8 Å². The van der Waals surface area contributed by atoms with Gasteiger partial charge in [0, 0.05) is 15.2 Å². The van der Waals surface area contributed by atoms with E-state index in [1.54, 1.807) is 22.7 Å². The third kappa shape index (κ3) is 3.13. The normalized spacial score (nSPS) is 11.5. The zero-order chi connectivity index (χ0) is 14.7. The topological polar surface area (TPSA) is 9.23 Å². The molecule has 0 fully saturated rings. The molecule has 112 valence electrons. The van der Waals surface area contributed by atoms with E-state index in [1.165, 1.54) is 50.3 Å². The van der Waals surface area contributed by atoms with Crippen LogP contribution in [0.1, 0.15) is 39.0 Å². The van der Waals surface area contributed by atoms with Crippen molar-refractivity contribution in [2.75, 3.05) is 6.61 Å². The minimum absolute atomic E-state index is 0.823. The Balaban J connectivity index is 1.81. The summed E-state index contributed by atoms with van der Waals surface area (Å²) in [5.41, 5.74) is 0. The van der Waals surface area contributed by atoms with Crippen molar-refractivity contribution < 1.29 is 4.74 Å². The Morgan fingerprint density at radius 1 is 0.952 bits per heavy atom. The molecule has 3 aromatic rings. The first-order valence-electron chi connectivity index (χ1n) is 7.51. The molecule has 3 rings (SSSR count). The SMILES string of the molecule is CCCCCCCOc1c2ccsc2c(Br)c2ccsc12. The van der Waals surface area contributed by atoms with Crippen LogP contribution in [0.25, 0.3) is 20.2 Å². The molecule has 1 nitrogen and oxygen atoms in total. The van der Waals surface area contributed by atoms with E-state index in [4.69, 9.17) is 4.74 Å². The molecule has 0 aliphatic carbocycles. The molecule has 0 bridgehead atoms. The predicted molar refractivity (Wildman–Crippen MR) is 99.2 cm³/mol. The van der Waals surface area contributed by atoms with E-state index in [-0.39, 0.29) is 0 Å². The Morgan fingerprint density at radius 2 is 1.67 bits per heavy atom. The summed E-state index contributed by atoms with van der Waals surface area (Å²) in [5, 5.41) is 6.81. The van der Waals surface area contributed by atoms with Gasteiger partial charge in [-0.25, -0.2) is 0 Å². The third-order valence-corrected chi connectivity index (χ3v) is 6.64. The lowest BCUT2D eigenvalue weighted by Gasteiger charge is -2.10. The molecule has 0 spiro atoms. The summed E-state index contributed by atoms with van der Waals surface area (Å²) in [6.45, 7) is 3.07. The van der Waals surface area contributed by atoms with Gasteiger partial charge in [0.2, 0.25) is 0 Å². The molecule has 0 saturated heterocycles. The van der Waals surface area contributed by atoms with Crippen molar-refractivity contribution in [2.24, 2.45) is 0 Å². The van der Waals surface area contributed by atoms with Crippen LogP contribution in [0.15, 0.2) is 27.4 Å². The number of benzene rings is 1. The predicted octanol–water partition coefficient (Wildman–Crippen LogP) is 7.23. The molecule has 0 aliphatic heterocycles. The van der Waals surface area contributed by atoms with Gasteiger partial charge in [-0.05, 0) is 45.2 Å². The van der Waals surface area contributed by atoms with Crippen molar-refractivity contribution in [3.63, 3.8) is 0 Å². The molecule has 2 heterocycles. The summed E-state index contributed by atoms with van der Waals surface area (Å²) < 4.78 is 9.95. The monoisotopic (exact) mass is 382 g/mol. The minimum atomic E-state index is 0.823. The van der Waals surface area contributed by atoms with Gasteiger partial charge in [0.25, 0.3) is 0 Å². The zero-order valence-electron chi connectivity index (χ0n) is 12.2. The summed E-state index contributed by atoms with van der Waals surface area (Å²) in [4.78, 5) is 0. The van der Waals surface area contributed by atoms with E-state index in [2.05, 4.69) is 45.7 Å². The standard InChI is InChI=1S/C17H19BrOS2/c1-2-3-4-5-6-9-19-15-13-8-11-20-16(13)14(18)12-7-10-21-17(12)15/h7-8,10-11H,2-6,9H2,1H3. The van der Waals surface area contributed by atoms with Crippen LogP contribution in [0.5, 0.6) is 5.75 Å². The van der Waals surface area contributed by atoms with Crippen LogP contribution in [0.3, 0.4) is 0 Å². The molecule has 0 atom stereocenters. The number of thiophene rings is 2. The Kier molecular flexibility index (Phi) is 5.19. The largest absolute Gasteiger partial charge is 0.491 e. The summed E-state index contributed by atoms with van der Waals surface area (Å²) in [6.07, 6.45) is 6.36. The maximum atomic E-state index is 6.18. The van der Waals surface area contributed by atoms with Gasteiger partial charge in [0.1, 0.15) is 5.75 Å². The van der Waals surface area contributed by atoms with E-state index >= 15 is 0 Å². The first kappa shape index (κ1) is 15.3. The van der Waals surface area contributed by atoms with Crippen molar-refractivity contribution in [3.05, 3.63) is 27.4 Å². The lowest BCUT2D eigenvalue weighted by atomic mass is 10.1. The fourth-order valence-corrected chi connectivity index (χ4v) is 5.29. The number of hydrogen-bond acceptors (Lipinski definition) is 3. The molecule has 0 N–H and O–H groups in total. The van der Waals surface area contributed by atoms with E-state index < -0.39 is 0 Å². The Bertz CT molecular complexity index is 677. The molecule has 2 aromatic heterocycles. The summed E-state index contributed by atoms with van der Waals surface area (Å²) in [5.74, 6) is 1.08. The smallest absolute Gasteiger partial charge is 0.145 e. The molecule has 0 amide bonds. The average molecular weight is 383 g/mol.